The molecule has 6 nitrogen and oxygen atoms in total. The molecule has 0 fully saturated rings. The number of hydrogen-bond acceptors (Lipinski definition) is 5. The molecule has 0 bridgehead atoms. The topological polar surface area (TPSA) is 89.0 Å². The fourth-order valence-corrected chi connectivity index (χ4v) is 2.29. The largest absolute Gasteiger partial charge is 0.399 e. The standard InChI is InChI=1S/C12H15N5O/c13-9-3-1-2-8(6-9)10-4-5-14-12-15-11(7-18)16-17(10)12/h1-3,6,10,18H,4-5,7,13H2,(H,14,15,16). The fraction of sp³-hybridized carbons (Fsp3) is 0.333. The molecule has 94 valence electrons. The number of nitrogen functional groups attached to an aromatic ring is 1. The maximum atomic E-state index is 9.10. The van der Waals surface area contributed by atoms with Crippen LogP contribution in [-0.4, -0.2) is 26.4 Å². The van der Waals surface area contributed by atoms with Crippen molar-refractivity contribution in [2.24, 2.45) is 0 Å². The molecule has 1 unspecified atom stereocenters. The van der Waals surface area contributed by atoms with Gasteiger partial charge in [-0.15, -0.1) is 0 Å². The van der Waals surface area contributed by atoms with Gasteiger partial charge in [-0.3, -0.25) is 0 Å². The molecule has 1 aliphatic rings. The number of aliphatic hydroxyl groups excluding tert-OH is 1. The zero-order valence-electron chi connectivity index (χ0n) is 9.87. The van der Waals surface area contributed by atoms with Gasteiger partial charge in [0.15, 0.2) is 5.82 Å². The lowest BCUT2D eigenvalue weighted by Crippen LogP contribution is -2.24. The van der Waals surface area contributed by atoms with Crippen LogP contribution in [0.15, 0.2) is 24.3 Å². The number of hydrogen-bond donors (Lipinski definition) is 3. The third-order valence-corrected chi connectivity index (χ3v) is 3.11. The van der Waals surface area contributed by atoms with Crippen LogP contribution in [0.25, 0.3) is 0 Å². The smallest absolute Gasteiger partial charge is 0.222 e. The van der Waals surface area contributed by atoms with E-state index < -0.39 is 0 Å². The molecule has 3 rings (SSSR count). The summed E-state index contributed by atoms with van der Waals surface area (Å²) in [7, 11) is 0. The molecule has 1 aromatic heterocycles. The van der Waals surface area contributed by atoms with Gasteiger partial charge in [0, 0.05) is 12.2 Å². The first kappa shape index (κ1) is 11.0. The van der Waals surface area contributed by atoms with Gasteiger partial charge in [-0.2, -0.15) is 10.1 Å². The minimum Gasteiger partial charge on any atom is -0.399 e. The summed E-state index contributed by atoms with van der Waals surface area (Å²) >= 11 is 0. The first-order chi connectivity index (χ1) is 8.78. The van der Waals surface area contributed by atoms with Gasteiger partial charge in [0.2, 0.25) is 5.95 Å². The highest BCUT2D eigenvalue weighted by atomic mass is 16.3. The predicted molar refractivity (Wildman–Crippen MR) is 68.0 cm³/mol. The van der Waals surface area contributed by atoms with Gasteiger partial charge >= 0.3 is 0 Å². The predicted octanol–water partition coefficient (Wildman–Crippen LogP) is 0.758. The lowest BCUT2D eigenvalue weighted by molar-refractivity contribution is 0.270. The second-order valence-corrected chi connectivity index (χ2v) is 4.36. The molecule has 6 heteroatoms. The van der Waals surface area contributed by atoms with Crippen molar-refractivity contribution in [2.75, 3.05) is 17.6 Å². The summed E-state index contributed by atoms with van der Waals surface area (Å²) in [6.07, 6.45) is 0.921. The lowest BCUT2D eigenvalue weighted by Gasteiger charge is -2.24. The molecule has 0 spiro atoms. The van der Waals surface area contributed by atoms with Crippen LogP contribution in [-0.2, 0) is 6.61 Å². The number of fused-ring (bicyclic) bond motifs is 1. The van der Waals surface area contributed by atoms with Crippen molar-refractivity contribution >= 4 is 11.6 Å². The van der Waals surface area contributed by atoms with Crippen LogP contribution in [0.2, 0.25) is 0 Å². The Kier molecular flexibility index (Phi) is 2.64. The Hall–Kier alpha value is -2.08. The van der Waals surface area contributed by atoms with Crippen LogP contribution in [0.3, 0.4) is 0 Å². The number of rotatable bonds is 2. The highest BCUT2D eigenvalue weighted by molar-refractivity contribution is 5.43. The minimum atomic E-state index is -0.147. The van der Waals surface area contributed by atoms with E-state index in [0.717, 1.165) is 24.2 Å². The van der Waals surface area contributed by atoms with E-state index in [1.165, 1.54) is 0 Å². The van der Waals surface area contributed by atoms with Crippen molar-refractivity contribution in [3.05, 3.63) is 35.7 Å². The van der Waals surface area contributed by atoms with E-state index in [4.69, 9.17) is 10.8 Å². The molecule has 1 atom stereocenters. The quantitative estimate of drug-likeness (QED) is 0.680. The van der Waals surface area contributed by atoms with Crippen LogP contribution in [0.5, 0.6) is 0 Å². The van der Waals surface area contributed by atoms with Crippen LogP contribution in [0.1, 0.15) is 23.9 Å². The molecular formula is C12H15N5O. The highest BCUT2D eigenvalue weighted by Crippen LogP contribution is 2.29. The monoisotopic (exact) mass is 245 g/mol. The van der Waals surface area contributed by atoms with Crippen molar-refractivity contribution < 1.29 is 5.11 Å². The number of aromatic nitrogens is 3. The normalized spacial score (nSPS) is 18.2. The molecule has 2 aromatic rings. The summed E-state index contributed by atoms with van der Waals surface area (Å²) in [5, 5.41) is 16.6. The Morgan fingerprint density at radius 1 is 1.50 bits per heavy atom. The van der Waals surface area contributed by atoms with Crippen molar-refractivity contribution in [1.82, 2.24) is 14.8 Å². The van der Waals surface area contributed by atoms with Crippen molar-refractivity contribution in [3.63, 3.8) is 0 Å². The molecule has 0 saturated carbocycles. The third kappa shape index (κ3) is 1.80. The van der Waals surface area contributed by atoms with E-state index in [1.807, 2.05) is 28.9 Å². The maximum absolute atomic E-state index is 9.10. The van der Waals surface area contributed by atoms with Gasteiger partial charge in [-0.1, -0.05) is 12.1 Å². The van der Waals surface area contributed by atoms with Crippen molar-refractivity contribution in [1.29, 1.82) is 0 Å². The molecule has 0 aliphatic carbocycles. The Labute approximate surface area is 104 Å². The molecule has 0 radical (unpaired) electrons. The summed E-state index contributed by atoms with van der Waals surface area (Å²) in [5.41, 5.74) is 7.68. The Morgan fingerprint density at radius 3 is 3.17 bits per heavy atom. The second kappa shape index (κ2) is 4.30. The number of anilines is 2. The SMILES string of the molecule is Nc1cccc(C2CCNc3nc(CO)nn32)c1. The zero-order chi connectivity index (χ0) is 12.5. The summed E-state index contributed by atoms with van der Waals surface area (Å²) in [6.45, 7) is 0.689. The lowest BCUT2D eigenvalue weighted by atomic mass is 10.0. The first-order valence-electron chi connectivity index (χ1n) is 5.93. The van der Waals surface area contributed by atoms with E-state index >= 15 is 0 Å². The molecule has 4 N–H and O–H groups in total. The molecular weight excluding hydrogens is 230 g/mol. The van der Waals surface area contributed by atoms with Crippen LogP contribution in [0, 0.1) is 0 Å². The summed E-state index contributed by atoms with van der Waals surface area (Å²) < 4.78 is 1.82. The molecule has 1 aromatic carbocycles. The number of nitrogens with one attached hydrogen (secondary N) is 1. The molecule has 1 aliphatic heterocycles. The van der Waals surface area contributed by atoms with E-state index in [0.29, 0.717) is 11.8 Å². The number of nitrogens with zero attached hydrogens (tertiary/aromatic N) is 3. The van der Waals surface area contributed by atoms with Crippen LogP contribution < -0.4 is 11.1 Å². The molecule has 18 heavy (non-hydrogen) atoms. The Morgan fingerprint density at radius 2 is 2.39 bits per heavy atom. The van der Waals surface area contributed by atoms with Crippen LogP contribution in [0.4, 0.5) is 11.6 Å². The maximum Gasteiger partial charge on any atom is 0.222 e. The Balaban J connectivity index is 2.02. The second-order valence-electron chi connectivity index (χ2n) is 4.36. The average molecular weight is 245 g/mol. The highest BCUT2D eigenvalue weighted by Gasteiger charge is 2.24. The average Bonchev–Trinajstić information content (AvgIpc) is 2.81. The molecule has 2 heterocycles. The van der Waals surface area contributed by atoms with Crippen molar-refractivity contribution in [3.8, 4) is 0 Å². The minimum absolute atomic E-state index is 0.123. The van der Waals surface area contributed by atoms with E-state index in [1.54, 1.807) is 0 Å². The van der Waals surface area contributed by atoms with Crippen LogP contribution >= 0.6 is 0 Å². The Bertz CT molecular complexity index is 565. The van der Waals surface area contributed by atoms with Gasteiger partial charge in [-0.05, 0) is 24.1 Å². The summed E-state index contributed by atoms with van der Waals surface area (Å²) in [6, 6.07) is 7.93. The van der Waals surface area contributed by atoms with Crippen molar-refractivity contribution in [2.45, 2.75) is 19.1 Å². The van der Waals surface area contributed by atoms with E-state index in [-0.39, 0.29) is 12.6 Å². The van der Waals surface area contributed by atoms with Gasteiger partial charge in [0.25, 0.3) is 0 Å². The zero-order valence-corrected chi connectivity index (χ0v) is 9.87. The van der Waals surface area contributed by atoms with E-state index in [2.05, 4.69) is 15.4 Å². The van der Waals surface area contributed by atoms with Gasteiger partial charge in [-0.25, -0.2) is 4.68 Å². The summed E-state index contributed by atoms with van der Waals surface area (Å²) in [4.78, 5) is 4.23. The van der Waals surface area contributed by atoms with Gasteiger partial charge < -0.3 is 16.2 Å². The first-order valence-corrected chi connectivity index (χ1v) is 5.93. The molecule has 0 saturated heterocycles. The number of nitrogens with two attached hydrogens (primary N) is 1. The molecule has 0 amide bonds. The third-order valence-electron chi connectivity index (χ3n) is 3.11. The number of aliphatic hydroxyl groups is 1. The number of benzene rings is 1. The summed E-state index contributed by atoms with van der Waals surface area (Å²) in [5.74, 6) is 1.14. The van der Waals surface area contributed by atoms with E-state index in [9.17, 15) is 0 Å². The van der Waals surface area contributed by atoms with Gasteiger partial charge in [0.1, 0.15) is 6.61 Å². The van der Waals surface area contributed by atoms with Gasteiger partial charge in [0.05, 0.1) is 6.04 Å². The fourth-order valence-electron chi connectivity index (χ4n) is 2.29.